The van der Waals surface area contributed by atoms with Gasteiger partial charge in [0.25, 0.3) is 0 Å². The van der Waals surface area contributed by atoms with Gasteiger partial charge in [-0.2, -0.15) is 0 Å². The predicted molar refractivity (Wildman–Crippen MR) is 60.1 cm³/mol. The number of carboxylic acid groups (broad SMARTS) is 1. The van der Waals surface area contributed by atoms with Crippen LogP contribution in [-0.2, 0) is 16.1 Å². The Morgan fingerprint density at radius 3 is 2.76 bits per heavy atom. The van der Waals surface area contributed by atoms with E-state index < -0.39 is 17.3 Å². The third kappa shape index (κ3) is 2.13. The number of carbonyl (C=O) groups excluding carboxylic acids is 1. The number of aliphatic carboxylic acids is 1. The summed E-state index contributed by atoms with van der Waals surface area (Å²) < 4.78 is 0. The van der Waals surface area contributed by atoms with E-state index in [1.807, 2.05) is 13.0 Å². The second-order valence-corrected chi connectivity index (χ2v) is 4.37. The second kappa shape index (κ2) is 4.16. The first kappa shape index (κ1) is 11.6. The van der Waals surface area contributed by atoms with Crippen molar-refractivity contribution in [3.05, 3.63) is 29.6 Å². The molecule has 2 rings (SSSR count). The Morgan fingerprint density at radius 2 is 2.24 bits per heavy atom. The summed E-state index contributed by atoms with van der Waals surface area (Å²) in [6, 6.07) is 1.85. The number of nitrogens with zero attached hydrogens (tertiary/aromatic N) is 1. The van der Waals surface area contributed by atoms with Gasteiger partial charge in [-0.25, -0.2) is 0 Å². The van der Waals surface area contributed by atoms with Crippen molar-refractivity contribution >= 4 is 11.9 Å². The molecule has 0 unspecified atom stereocenters. The number of pyridine rings is 1. The molecule has 1 aliphatic carbocycles. The number of amides is 1. The number of carbonyl (C=O) groups is 2. The molecule has 1 aromatic heterocycles. The van der Waals surface area contributed by atoms with Crippen LogP contribution in [0.4, 0.5) is 0 Å². The molecular weight excluding hydrogens is 220 g/mol. The second-order valence-electron chi connectivity index (χ2n) is 4.37. The van der Waals surface area contributed by atoms with E-state index in [0.29, 0.717) is 19.4 Å². The predicted octanol–water partition coefficient (Wildman–Crippen LogP) is 0.871. The van der Waals surface area contributed by atoms with Gasteiger partial charge in [0.1, 0.15) is 5.41 Å². The van der Waals surface area contributed by atoms with Crippen LogP contribution in [0.3, 0.4) is 0 Å². The number of carboxylic acids is 1. The number of hydrogen-bond donors (Lipinski definition) is 2. The zero-order chi connectivity index (χ0) is 12.5. The van der Waals surface area contributed by atoms with E-state index in [9.17, 15) is 9.59 Å². The number of hydrogen-bond acceptors (Lipinski definition) is 3. The highest BCUT2D eigenvalue weighted by Crippen LogP contribution is 2.46. The molecule has 0 radical (unpaired) electrons. The number of nitrogens with one attached hydrogen (secondary N) is 1. The van der Waals surface area contributed by atoms with Crippen molar-refractivity contribution in [2.24, 2.45) is 5.41 Å². The third-order valence-electron chi connectivity index (χ3n) is 3.18. The van der Waals surface area contributed by atoms with Gasteiger partial charge in [0.2, 0.25) is 5.91 Å². The quantitative estimate of drug-likeness (QED) is 0.758. The van der Waals surface area contributed by atoms with Crippen LogP contribution >= 0.6 is 0 Å². The Labute approximate surface area is 98.9 Å². The first-order valence-electron chi connectivity index (χ1n) is 5.47. The van der Waals surface area contributed by atoms with Crippen LogP contribution in [0.15, 0.2) is 18.5 Å². The molecule has 1 amide bonds. The Bertz CT molecular complexity index is 467. The van der Waals surface area contributed by atoms with Gasteiger partial charge in [-0.3, -0.25) is 14.6 Å². The average molecular weight is 234 g/mol. The highest BCUT2D eigenvalue weighted by Gasteiger charge is 2.56. The highest BCUT2D eigenvalue weighted by molar-refractivity contribution is 6.04. The van der Waals surface area contributed by atoms with E-state index in [0.717, 1.165) is 11.1 Å². The largest absolute Gasteiger partial charge is 0.480 e. The summed E-state index contributed by atoms with van der Waals surface area (Å²) in [6.07, 6.45) is 4.22. The topological polar surface area (TPSA) is 79.3 Å². The van der Waals surface area contributed by atoms with Crippen molar-refractivity contribution in [3.63, 3.8) is 0 Å². The highest BCUT2D eigenvalue weighted by atomic mass is 16.4. The number of aryl methyl sites for hydroxylation is 1. The van der Waals surface area contributed by atoms with Crippen LogP contribution in [0.5, 0.6) is 0 Å². The Balaban J connectivity index is 1.98. The summed E-state index contributed by atoms with van der Waals surface area (Å²) in [7, 11) is 0. The van der Waals surface area contributed by atoms with Crippen LogP contribution in [0.1, 0.15) is 24.0 Å². The summed E-state index contributed by atoms with van der Waals surface area (Å²) in [4.78, 5) is 26.6. The lowest BCUT2D eigenvalue weighted by Gasteiger charge is -2.11. The smallest absolute Gasteiger partial charge is 0.319 e. The van der Waals surface area contributed by atoms with Crippen LogP contribution < -0.4 is 5.32 Å². The fourth-order valence-corrected chi connectivity index (χ4v) is 1.69. The molecule has 17 heavy (non-hydrogen) atoms. The lowest BCUT2D eigenvalue weighted by atomic mass is 10.1. The van der Waals surface area contributed by atoms with Crippen molar-refractivity contribution in [2.75, 3.05) is 0 Å². The fourth-order valence-electron chi connectivity index (χ4n) is 1.69. The normalized spacial score (nSPS) is 16.3. The van der Waals surface area contributed by atoms with Gasteiger partial charge in [-0.15, -0.1) is 0 Å². The van der Waals surface area contributed by atoms with E-state index in [-0.39, 0.29) is 0 Å². The minimum atomic E-state index is -1.17. The van der Waals surface area contributed by atoms with Crippen LogP contribution in [0.2, 0.25) is 0 Å². The first-order chi connectivity index (χ1) is 8.06. The van der Waals surface area contributed by atoms with Crippen LogP contribution in [0.25, 0.3) is 0 Å². The summed E-state index contributed by atoms with van der Waals surface area (Å²) in [5.41, 5.74) is 0.762. The maximum atomic E-state index is 11.7. The molecule has 1 saturated carbocycles. The monoisotopic (exact) mass is 234 g/mol. The summed E-state index contributed by atoms with van der Waals surface area (Å²) in [5.74, 6) is -1.42. The summed E-state index contributed by atoms with van der Waals surface area (Å²) >= 11 is 0. The summed E-state index contributed by atoms with van der Waals surface area (Å²) in [5, 5.41) is 11.6. The molecule has 1 aromatic rings. The van der Waals surface area contributed by atoms with Gasteiger partial charge in [0.05, 0.1) is 0 Å². The molecule has 5 heteroatoms. The lowest BCUT2D eigenvalue weighted by Crippen LogP contribution is -2.36. The van der Waals surface area contributed by atoms with Gasteiger partial charge in [-0.05, 0) is 37.0 Å². The minimum Gasteiger partial charge on any atom is -0.480 e. The molecule has 1 fully saturated rings. The molecule has 0 atom stereocenters. The molecule has 5 nitrogen and oxygen atoms in total. The van der Waals surface area contributed by atoms with Gasteiger partial charge < -0.3 is 10.4 Å². The summed E-state index contributed by atoms with van der Waals surface area (Å²) in [6.45, 7) is 2.25. The van der Waals surface area contributed by atoms with Gasteiger partial charge >= 0.3 is 5.97 Å². The molecule has 90 valence electrons. The molecule has 0 spiro atoms. The lowest BCUT2D eigenvalue weighted by molar-refractivity contribution is -0.149. The van der Waals surface area contributed by atoms with E-state index >= 15 is 0 Å². The Morgan fingerprint density at radius 1 is 1.53 bits per heavy atom. The maximum absolute atomic E-state index is 11.7. The molecule has 0 aromatic carbocycles. The van der Waals surface area contributed by atoms with Crippen molar-refractivity contribution in [1.82, 2.24) is 10.3 Å². The third-order valence-corrected chi connectivity index (χ3v) is 3.18. The molecular formula is C12H14N2O3. The molecule has 0 saturated heterocycles. The molecule has 1 heterocycles. The Kier molecular flexibility index (Phi) is 2.83. The van der Waals surface area contributed by atoms with Crippen molar-refractivity contribution < 1.29 is 14.7 Å². The number of rotatable bonds is 4. The molecule has 2 N–H and O–H groups in total. The minimum absolute atomic E-state index is 0.327. The van der Waals surface area contributed by atoms with Crippen molar-refractivity contribution in [3.8, 4) is 0 Å². The van der Waals surface area contributed by atoms with E-state index in [1.54, 1.807) is 12.4 Å². The van der Waals surface area contributed by atoms with Crippen molar-refractivity contribution in [1.29, 1.82) is 0 Å². The van der Waals surface area contributed by atoms with E-state index in [2.05, 4.69) is 10.3 Å². The van der Waals surface area contributed by atoms with Gasteiger partial charge in [0.15, 0.2) is 0 Å². The molecule has 1 aliphatic rings. The van der Waals surface area contributed by atoms with Gasteiger partial charge in [0, 0.05) is 18.9 Å². The van der Waals surface area contributed by atoms with E-state index in [4.69, 9.17) is 5.11 Å². The van der Waals surface area contributed by atoms with E-state index in [1.165, 1.54) is 0 Å². The average Bonchev–Trinajstić information content (AvgIpc) is 3.08. The fraction of sp³-hybridized carbons (Fsp3) is 0.417. The van der Waals surface area contributed by atoms with Crippen molar-refractivity contribution in [2.45, 2.75) is 26.3 Å². The molecule has 0 bridgehead atoms. The number of aromatic nitrogens is 1. The van der Waals surface area contributed by atoms with Crippen LogP contribution in [-0.4, -0.2) is 22.0 Å². The zero-order valence-electron chi connectivity index (χ0n) is 9.56. The van der Waals surface area contributed by atoms with Crippen LogP contribution in [0, 0.1) is 12.3 Å². The maximum Gasteiger partial charge on any atom is 0.319 e. The molecule has 0 aliphatic heterocycles. The SMILES string of the molecule is Cc1ccncc1CNC(=O)C1(C(=O)O)CC1. The standard InChI is InChI=1S/C12H14N2O3/c1-8-2-5-13-6-9(8)7-14-10(15)12(3-4-12)11(16)17/h2,5-6H,3-4,7H2,1H3,(H,14,15)(H,16,17). The first-order valence-corrected chi connectivity index (χ1v) is 5.47. The zero-order valence-corrected chi connectivity index (χ0v) is 9.56. The van der Waals surface area contributed by atoms with Gasteiger partial charge in [-0.1, -0.05) is 0 Å². The Hall–Kier alpha value is -1.91.